The molecule has 1 unspecified atom stereocenters. The molecule has 7 heteroatoms. The van der Waals surface area contributed by atoms with Crippen LogP contribution in [-0.2, 0) is 14.3 Å². The number of hydrogen-bond donors (Lipinski definition) is 2. The standard InChI is InChI=1S/C15H26N2O5/c1-5-10-21-14(20)17-12(11-18)8-6-7-9-16-13(19)22-15(2,3)4/h5,11-12H,1,6-10H2,2-4H3,(H,16,19)(H,17,20). The van der Waals surface area contributed by atoms with Crippen molar-refractivity contribution in [2.75, 3.05) is 13.2 Å². The van der Waals surface area contributed by atoms with E-state index in [9.17, 15) is 14.4 Å². The molecule has 0 aromatic rings. The van der Waals surface area contributed by atoms with Crippen LogP contribution in [0.15, 0.2) is 12.7 Å². The van der Waals surface area contributed by atoms with Crippen molar-refractivity contribution in [1.29, 1.82) is 0 Å². The summed E-state index contributed by atoms with van der Waals surface area (Å²) in [5, 5.41) is 5.07. The normalized spacial score (nSPS) is 12.0. The maximum absolute atomic E-state index is 11.4. The third kappa shape index (κ3) is 11.7. The van der Waals surface area contributed by atoms with Crippen LogP contribution in [0.2, 0.25) is 0 Å². The van der Waals surface area contributed by atoms with Crippen molar-refractivity contribution in [3.05, 3.63) is 12.7 Å². The van der Waals surface area contributed by atoms with E-state index < -0.39 is 23.8 Å². The van der Waals surface area contributed by atoms with Crippen LogP contribution in [0.1, 0.15) is 40.0 Å². The number of hydrogen-bond acceptors (Lipinski definition) is 5. The predicted molar refractivity (Wildman–Crippen MR) is 82.6 cm³/mol. The van der Waals surface area contributed by atoms with Crippen molar-refractivity contribution < 1.29 is 23.9 Å². The number of aldehydes is 1. The van der Waals surface area contributed by atoms with E-state index in [4.69, 9.17) is 9.47 Å². The van der Waals surface area contributed by atoms with Gasteiger partial charge in [-0.1, -0.05) is 12.7 Å². The van der Waals surface area contributed by atoms with Gasteiger partial charge in [0, 0.05) is 6.54 Å². The van der Waals surface area contributed by atoms with Crippen molar-refractivity contribution in [1.82, 2.24) is 10.6 Å². The lowest BCUT2D eigenvalue weighted by Crippen LogP contribution is -2.36. The van der Waals surface area contributed by atoms with Crippen LogP contribution >= 0.6 is 0 Å². The van der Waals surface area contributed by atoms with E-state index in [2.05, 4.69) is 17.2 Å². The van der Waals surface area contributed by atoms with Gasteiger partial charge in [-0.3, -0.25) is 0 Å². The Labute approximate surface area is 131 Å². The number of alkyl carbamates (subject to hydrolysis) is 2. The summed E-state index contributed by atoms with van der Waals surface area (Å²) >= 11 is 0. The van der Waals surface area contributed by atoms with Crippen LogP contribution in [0.3, 0.4) is 0 Å². The highest BCUT2D eigenvalue weighted by Crippen LogP contribution is 2.06. The van der Waals surface area contributed by atoms with Crippen LogP contribution in [0.25, 0.3) is 0 Å². The zero-order valence-electron chi connectivity index (χ0n) is 13.5. The van der Waals surface area contributed by atoms with E-state index >= 15 is 0 Å². The molecule has 0 rings (SSSR count). The molecule has 0 aromatic heterocycles. The lowest BCUT2D eigenvalue weighted by atomic mass is 10.1. The highest BCUT2D eigenvalue weighted by atomic mass is 16.6. The van der Waals surface area contributed by atoms with Crippen molar-refractivity contribution in [2.45, 2.75) is 51.7 Å². The fourth-order valence-electron chi connectivity index (χ4n) is 1.50. The first-order valence-electron chi connectivity index (χ1n) is 7.25. The van der Waals surface area contributed by atoms with Crippen LogP contribution in [-0.4, -0.2) is 43.3 Å². The van der Waals surface area contributed by atoms with Gasteiger partial charge in [0.25, 0.3) is 0 Å². The minimum Gasteiger partial charge on any atom is -0.445 e. The topological polar surface area (TPSA) is 93.7 Å². The van der Waals surface area contributed by atoms with Crippen LogP contribution in [0, 0.1) is 0 Å². The third-order valence-corrected chi connectivity index (χ3v) is 2.41. The average Bonchev–Trinajstić information content (AvgIpc) is 2.41. The number of carbonyl (C=O) groups is 3. The first-order chi connectivity index (χ1) is 10.3. The molecular formula is C15H26N2O5. The van der Waals surface area contributed by atoms with Gasteiger partial charge >= 0.3 is 12.2 Å². The quantitative estimate of drug-likeness (QED) is 0.386. The van der Waals surface area contributed by atoms with Crippen molar-refractivity contribution >= 4 is 18.5 Å². The first kappa shape index (κ1) is 19.9. The molecule has 22 heavy (non-hydrogen) atoms. The van der Waals surface area contributed by atoms with Gasteiger partial charge in [-0.25, -0.2) is 9.59 Å². The fraction of sp³-hybridized carbons (Fsp3) is 0.667. The van der Waals surface area contributed by atoms with Gasteiger partial charge in [-0.05, 0) is 40.0 Å². The zero-order valence-corrected chi connectivity index (χ0v) is 13.5. The molecule has 0 radical (unpaired) electrons. The molecule has 0 fully saturated rings. The van der Waals surface area contributed by atoms with E-state index in [1.54, 1.807) is 20.8 Å². The smallest absolute Gasteiger partial charge is 0.408 e. The Hall–Kier alpha value is -2.05. The molecule has 2 amide bonds. The number of carbonyl (C=O) groups excluding carboxylic acids is 3. The van der Waals surface area contributed by atoms with Gasteiger partial charge in [0.15, 0.2) is 0 Å². The van der Waals surface area contributed by atoms with Crippen LogP contribution < -0.4 is 10.6 Å². The summed E-state index contributed by atoms with van der Waals surface area (Å²) in [5.41, 5.74) is -0.525. The predicted octanol–water partition coefficient (Wildman–Crippen LogP) is 2.16. The summed E-state index contributed by atoms with van der Waals surface area (Å²) in [6.07, 6.45) is 2.81. The molecule has 7 nitrogen and oxygen atoms in total. The maximum Gasteiger partial charge on any atom is 0.408 e. The molecular weight excluding hydrogens is 288 g/mol. The molecule has 0 aromatic carbocycles. The molecule has 0 heterocycles. The van der Waals surface area contributed by atoms with E-state index in [1.807, 2.05) is 0 Å². The molecule has 0 aliphatic rings. The van der Waals surface area contributed by atoms with Crippen molar-refractivity contribution in [3.63, 3.8) is 0 Å². The second-order valence-electron chi connectivity index (χ2n) is 5.70. The van der Waals surface area contributed by atoms with Gasteiger partial charge < -0.3 is 24.9 Å². The van der Waals surface area contributed by atoms with Gasteiger partial charge in [0.05, 0.1) is 6.04 Å². The number of amides is 2. The Bertz CT molecular complexity index is 377. The SMILES string of the molecule is C=CCOC(=O)NC(C=O)CCCCNC(=O)OC(C)(C)C. The summed E-state index contributed by atoms with van der Waals surface area (Å²) < 4.78 is 9.82. The van der Waals surface area contributed by atoms with Gasteiger partial charge in [0.2, 0.25) is 0 Å². The Kier molecular flexibility index (Phi) is 9.65. The maximum atomic E-state index is 11.4. The van der Waals surface area contributed by atoms with Crippen molar-refractivity contribution in [3.8, 4) is 0 Å². The molecule has 0 spiro atoms. The van der Waals surface area contributed by atoms with Crippen LogP contribution in [0.5, 0.6) is 0 Å². The number of unbranched alkanes of at least 4 members (excludes halogenated alkanes) is 1. The second kappa shape index (κ2) is 10.6. The lowest BCUT2D eigenvalue weighted by molar-refractivity contribution is -0.109. The number of rotatable bonds is 9. The van der Waals surface area contributed by atoms with Gasteiger partial charge in [-0.2, -0.15) is 0 Å². The molecule has 126 valence electrons. The highest BCUT2D eigenvalue weighted by molar-refractivity contribution is 5.73. The Morgan fingerprint density at radius 1 is 1.23 bits per heavy atom. The second-order valence-corrected chi connectivity index (χ2v) is 5.70. The van der Waals surface area contributed by atoms with E-state index in [1.165, 1.54) is 6.08 Å². The Morgan fingerprint density at radius 2 is 1.91 bits per heavy atom. The number of nitrogens with one attached hydrogen (secondary N) is 2. The summed E-state index contributed by atoms with van der Waals surface area (Å²) in [6.45, 7) is 9.33. The van der Waals surface area contributed by atoms with Crippen molar-refractivity contribution in [2.24, 2.45) is 0 Å². The molecule has 0 aliphatic heterocycles. The van der Waals surface area contributed by atoms with Crippen LogP contribution in [0.4, 0.5) is 9.59 Å². The van der Waals surface area contributed by atoms with Gasteiger partial charge in [-0.15, -0.1) is 0 Å². The largest absolute Gasteiger partial charge is 0.445 e. The van der Waals surface area contributed by atoms with Gasteiger partial charge in [0.1, 0.15) is 18.5 Å². The molecule has 0 saturated heterocycles. The summed E-state index contributed by atoms with van der Waals surface area (Å²) in [6, 6.07) is -0.598. The monoisotopic (exact) mass is 314 g/mol. The fourth-order valence-corrected chi connectivity index (χ4v) is 1.50. The Balaban J connectivity index is 3.79. The summed E-state index contributed by atoms with van der Waals surface area (Å²) in [7, 11) is 0. The first-order valence-corrected chi connectivity index (χ1v) is 7.25. The highest BCUT2D eigenvalue weighted by Gasteiger charge is 2.15. The molecule has 1 atom stereocenters. The van der Waals surface area contributed by atoms with E-state index in [0.29, 0.717) is 32.1 Å². The zero-order chi connectivity index (χ0) is 17.0. The summed E-state index contributed by atoms with van der Waals surface area (Å²) in [5.74, 6) is 0. The van der Waals surface area contributed by atoms with E-state index in [0.717, 1.165) is 0 Å². The molecule has 0 bridgehead atoms. The summed E-state index contributed by atoms with van der Waals surface area (Å²) in [4.78, 5) is 33.5. The average molecular weight is 314 g/mol. The Morgan fingerprint density at radius 3 is 2.45 bits per heavy atom. The molecule has 0 aliphatic carbocycles. The number of ether oxygens (including phenoxy) is 2. The molecule has 0 saturated carbocycles. The minimum absolute atomic E-state index is 0.0945. The third-order valence-electron chi connectivity index (χ3n) is 2.41. The minimum atomic E-state index is -0.649. The lowest BCUT2D eigenvalue weighted by Gasteiger charge is -2.19. The van der Waals surface area contributed by atoms with E-state index in [-0.39, 0.29) is 6.61 Å². The molecule has 2 N–H and O–H groups in total.